The van der Waals surface area contributed by atoms with Gasteiger partial charge in [0.2, 0.25) is 14.9 Å². The SMILES string of the molecule is O=[N+]([O-])c1cccnc1S(=O)(=O)CCCc1ccccc1. The fraction of sp³-hybridized carbons (Fsp3) is 0.214. The van der Waals surface area contributed by atoms with Crippen LogP contribution in [-0.4, -0.2) is 24.1 Å². The number of aryl methyl sites for hydroxylation is 1. The highest BCUT2D eigenvalue weighted by Gasteiger charge is 2.26. The highest BCUT2D eigenvalue weighted by molar-refractivity contribution is 7.91. The average molecular weight is 306 g/mol. The number of hydrogen-bond donors (Lipinski definition) is 0. The highest BCUT2D eigenvalue weighted by Crippen LogP contribution is 2.22. The van der Waals surface area contributed by atoms with Crippen molar-refractivity contribution in [2.45, 2.75) is 17.9 Å². The molecule has 0 fully saturated rings. The first-order valence-electron chi connectivity index (χ1n) is 6.37. The van der Waals surface area contributed by atoms with Crippen molar-refractivity contribution in [3.63, 3.8) is 0 Å². The van der Waals surface area contributed by atoms with Gasteiger partial charge in [0, 0.05) is 12.3 Å². The first-order valence-corrected chi connectivity index (χ1v) is 8.02. The largest absolute Gasteiger partial charge is 0.306 e. The predicted octanol–water partition coefficient (Wildman–Crippen LogP) is 2.40. The zero-order valence-electron chi connectivity index (χ0n) is 11.2. The normalized spacial score (nSPS) is 11.2. The van der Waals surface area contributed by atoms with E-state index in [1.165, 1.54) is 12.3 Å². The Labute approximate surface area is 122 Å². The molecule has 0 radical (unpaired) electrons. The average Bonchev–Trinajstić information content (AvgIpc) is 2.48. The van der Waals surface area contributed by atoms with Gasteiger partial charge in [0.1, 0.15) is 0 Å². The van der Waals surface area contributed by atoms with Crippen LogP contribution in [0.1, 0.15) is 12.0 Å². The quantitative estimate of drug-likeness (QED) is 0.603. The Morgan fingerprint density at radius 1 is 1.10 bits per heavy atom. The van der Waals surface area contributed by atoms with Gasteiger partial charge in [0.05, 0.1) is 10.7 Å². The van der Waals surface area contributed by atoms with E-state index in [-0.39, 0.29) is 5.75 Å². The van der Waals surface area contributed by atoms with Gasteiger partial charge in [-0.05, 0) is 24.5 Å². The second-order valence-corrected chi connectivity index (χ2v) is 6.52. The Morgan fingerprint density at radius 2 is 1.81 bits per heavy atom. The molecule has 0 saturated heterocycles. The van der Waals surface area contributed by atoms with Gasteiger partial charge < -0.3 is 0 Å². The first kappa shape index (κ1) is 15.1. The summed E-state index contributed by atoms with van der Waals surface area (Å²) in [5, 5.41) is 10.4. The molecule has 0 amide bonds. The summed E-state index contributed by atoms with van der Waals surface area (Å²) in [7, 11) is -3.76. The number of rotatable bonds is 6. The van der Waals surface area contributed by atoms with Crippen LogP contribution < -0.4 is 0 Å². The lowest BCUT2D eigenvalue weighted by Crippen LogP contribution is -2.12. The maximum Gasteiger partial charge on any atom is 0.306 e. The zero-order chi connectivity index (χ0) is 15.3. The van der Waals surface area contributed by atoms with Crippen LogP contribution in [0.15, 0.2) is 53.7 Å². The van der Waals surface area contributed by atoms with Gasteiger partial charge in [-0.15, -0.1) is 0 Å². The van der Waals surface area contributed by atoms with Crippen molar-refractivity contribution < 1.29 is 13.3 Å². The van der Waals surface area contributed by atoms with E-state index in [9.17, 15) is 18.5 Å². The van der Waals surface area contributed by atoms with Gasteiger partial charge in [-0.2, -0.15) is 0 Å². The molecule has 0 unspecified atom stereocenters. The lowest BCUT2D eigenvalue weighted by Gasteiger charge is -2.04. The van der Waals surface area contributed by atoms with Crippen LogP contribution in [0.25, 0.3) is 0 Å². The van der Waals surface area contributed by atoms with Crippen LogP contribution in [-0.2, 0) is 16.3 Å². The molecule has 2 aromatic rings. The van der Waals surface area contributed by atoms with Crippen LogP contribution >= 0.6 is 0 Å². The van der Waals surface area contributed by atoms with E-state index < -0.39 is 25.5 Å². The number of hydrogen-bond acceptors (Lipinski definition) is 5. The van der Waals surface area contributed by atoms with Crippen molar-refractivity contribution in [2.75, 3.05) is 5.75 Å². The Morgan fingerprint density at radius 3 is 2.48 bits per heavy atom. The van der Waals surface area contributed by atoms with E-state index in [0.717, 1.165) is 11.6 Å². The molecule has 0 aliphatic heterocycles. The van der Waals surface area contributed by atoms with Gasteiger partial charge in [-0.25, -0.2) is 13.4 Å². The molecule has 1 aromatic heterocycles. The molecule has 7 heteroatoms. The van der Waals surface area contributed by atoms with Crippen molar-refractivity contribution in [2.24, 2.45) is 0 Å². The number of benzene rings is 1. The minimum atomic E-state index is -3.76. The summed E-state index contributed by atoms with van der Waals surface area (Å²) >= 11 is 0. The molecular weight excluding hydrogens is 292 g/mol. The fourth-order valence-corrected chi connectivity index (χ4v) is 3.37. The third kappa shape index (κ3) is 3.85. The molecule has 1 heterocycles. The van der Waals surface area contributed by atoms with Gasteiger partial charge >= 0.3 is 5.69 Å². The second kappa shape index (κ2) is 6.45. The third-order valence-corrected chi connectivity index (χ3v) is 4.69. The summed E-state index contributed by atoms with van der Waals surface area (Å²) < 4.78 is 24.4. The third-order valence-electron chi connectivity index (χ3n) is 2.96. The van der Waals surface area contributed by atoms with E-state index >= 15 is 0 Å². The van der Waals surface area contributed by atoms with E-state index in [2.05, 4.69) is 4.98 Å². The van der Waals surface area contributed by atoms with Crippen molar-refractivity contribution in [1.82, 2.24) is 4.98 Å². The fourth-order valence-electron chi connectivity index (χ4n) is 1.97. The number of nitrogens with zero attached hydrogens (tertiary/aromatic N) is 2. The molecule has 6 nitrogen and oxygen atoms in total. The lowest BCUT2D eigenvalue weighted by molar-refractivity contribution is -0.388. The Kier molecular flexibility index (Phi) is 4.64. The van der Waals surface area contributed by atoms with Crippen LogP contribution in [0.4, 0.5) is 5.69 Å². The summed E-state index contributed by atoms with van der Waals surface area (Å²) in [6.45, 7) is 0. The minimum Gasteiger partial charge on any atom is -0.258 e. The number of sulfone groups is 1. The Balaban J connectivity index is 2.11. The van der Waals surface area contributed by atoms with Gasteiger partial charge in [0.25, 0.3) is 0 Å². The molecule has 110 valence electrons. The molecule has 2 rings (SSSR count). The second-order valence-electron chi connectivity index (χ2n) is 4.49. The van der Waals surface area contributed by atoms with E-state index in [1.807, 2.05) is 30.3 Å². The first-order chi connectivity index (χ1) is 10.0. The van der Waals surface area contributed by atoms with Crippen LogP contribution in [0.2, 0.25) is 0 Å². The summed E-state index contributed by atoms with van der Waals surface area (Å²) in [6.07, 6.45) is 2.23. The highest BCUT2D eigenvalue weighted by atomic mass is 32.2. The maximum absolute atomic E-state index is 12.2. The summed E-state index contributed by atoms with van der Waals surface area (Å²) in [4.78, 5) is 13.8. The van der Waals surface area contributed by atoms with E-state index in [1.54, 1.807) is 0 Å². The van der Waals surface area contributed by atoms with Crippen molar-refractivity contribution in [3.05, 3.63) is 64.3 Å². The van der Waals surface area contributed by atoms with Crippen molar-refractivity contribution in [3.8, 4) is 0 Å². The Bertz CT molecular complexity index is 730. The van der Waals surface area contributed by atoms with E-state index in [0.29, 0.717) is 12.8 Å². The summed E-state index contributed by atoms with van der Waals surface area (Å²) in [6, 6.07) is 12.0. The molecule has 0 saturated carbocycles. The zero-order valence-corrected chi connectivity index (χ0v) is 12.0. The molecule has 0 aliphatic carbocycles. The van der Waals surface area contributed by atoms with Crippen molar-refractivity contribution in [1.29, 1.82) is 0 Å². The number of pyridine rings is 1. The monoisotopic (exact) mass is 306 g/mol. The number of aromatic nitrogens is 1. The molecular formula is C14H14N2O4S. The van der Waals surface area contributed by atoms with Crippen LogP contribution in [0.3, 0.4) is 0 Å². The lowest BCUT2D eigenvalue weighted by atomic mass is 10.1. The molecule has 0 bridgehead atoms. The van der Waals surface area contributed by atoms with Gasteiger partial charge in [-0.1, -0.05) is 30.3 Å². The van der Waals surface area contributed by atoms with E-state index in [4.69, 9.17) is 0 Å². The topological polar surface area (TPSA) is 90.2 Å². The maximum atomic E-state index is 12.2. The molecule has 0 N–H and O–H groups in total. The molecule has 21 heavy (non-hydrogen) atoms. The number of nitro groups is 1. The van der Waals surface area contributed by atoms with Gasteiger partial charge in [-0.3, -0.25) is 10.1 Å². The smallest absolute Gasteiger partial charge is 0.258 e. The Hall–Kier alpha value is -2.28. The van der Waals surface area contributed by atoms with Crippen molar-refractivity contribution >= 4 is 15.5 Å². The molecule has 1 aromatic carbocycles. The van der Waals surface area contributed by atoms with Crippen LogP contribution in [0, 0.1) is 10.1 Å². The molecule has 0 spiro atoms. The predicted molar refractivity (Wildman–Crippen MR) is 77.7 cm³/mol. The summed E-state index contributed by atoms with van der Waals surface area (Å²) in [5.74, 6) is -0.167. The molecule has 0 aliphatic rings. The summed E-state index contributed by atoms with van der Waals surface area (Å²) in [5.41, 5.74) is 0.556. The van der Waals surface area contributed by atoms with Crippen LogP contribution in [0.5, 0.6) is 0 Å². The molecule has 0 atom stereocenters. The van der Waals surface area contributed by atoms with Gasteiger partial charge in [0.15, 0.2) is 0 Å². The minimum absolute atomic E-state index is 0.167. The standard InChI is InChI=1S/C14H14N2O4S/c17-16(18)13-9-4-10-15-14(13)21(19,20)11-5-8-12-6-2-1-3-7-12/h1-4,6-7,9-10H,5,8,11H2.